The van der Waals surface area contributed by atoms with Gasteiger partial charge in [-0.3, -0.25) is 4.79 Å². The highest BCUT2D eigenvalue weighted by molar-refractivity contribution is 5.38. The molecule has 1 aliphatic heterocycles. The molecule has 0 saturated heterocycles. The van der Waals surface area contributed by atoms with Crippen LogP contribution in [-0.2, 0) is 19.0 Å². The maximum absolute atomic E-state index is 10.4. The van der Waals surface area contributed by atoms with Gasteiger partial charge in [-0.1, -0.05) is 19.1 Å². The number of ether oxygens (including phenoxy) is 3. The summed E-state index contributed by atoms with van der Waals surface area (Å²) in [5.41, 5.74) is 0. The van der Waals surface area contributed by atoms with E-state index in [0.717, 1.165) is 5.76 Å². The van der Waals surface area contributed by atoms with Gasteiger partial charge in [0.2, 0.25) is 6.29 Å². The van der Waals surface area contributed by atoms with Crippen molar-refractivity contribution in [2.45, 2.75) is 13.2 Å². The minimum Gasteiger partial charge on any atom is -0.456 e. The third-order valence-electron chi connectivity index (χ3n) is 3.12. The van der Waals surface area contributed by atoms with Crippen LogP contribution < -0.4 is 0 Å². The Balaban J connectivity index is 2.16. The standard InChI is InChI=1S/C12H16O4/c1-8-3-4-10-11(8)5-9(6-14-2)16-12(10)15-7-13/h3-5,7-8,10-12H,6H2,1-2H3/t8-,10+,11-,12-/m1/s1. The van der Waals surface area contributed by atoms with Gasteiger partial charge in [0.05, 0.1) is 5.92 Å². The van der Waals surface area contributed by atoms with Crippen molar-refractivity contribution in [1.82, 2.24) is 0 Å². The van der Waals surface area contributed by atoms with Crippen LogP contribution in [0.3, 0.4) is 0 Å². The molecule has 0 fully saturated rings. The highest BCUT2D eigenvalue weighted by atomic mass is 16.7. The second-order valence-corrected chi connectivity index (χ2v) is 4.18. The third-order valence-corrected chi connectivity index (χ3v) is 3.12. The lowest BCUT2D eigenvalue weighted by molar-refractivity contribution is -0.171. The molecular weight excluding hydrogens is 208 g/mol. The fourth-order valence-corrected chi connectivity index (χ4v) is 2.33. The number of hydrogen-bond acceptors (Lipinski definition) is 4. The maximum atomic E-state index is 10.4. The topological polar surface area (TPSA) is 44.8 Å². The number of carbonyl (C=O) groups excluding carboxylic acids is 1. The summed E-state index contributed by atoms with van der Waals surface area (Å²) >= 11 is 0. The van der Waals surface area contributed by atoms with E-state index in [2.05, 4.69) is 25.2 Å². The molecule has 16 heavy (non-hydrogen) atoms. The molecule has 0 spiro atoms. The number of fused-ring (bicyclic) bond motifs is 1. The normalized spacial score (nSPS) is 36.2. The van der Waals surface area contributed by atoms with Gasteiger partial charge in [-0.15, -0.1) is 0 Å². The first-order chi connectivity index (χ1) is 7.76. The van der Waals surface area contributed by atoms with Crippen LogP contribution in [0.15, 0.2) is 24.0 Å². The SMILES string of the molecule is COCC1=C[C@H]2[C@H](C=C[C@H]2C)[C@H](OC=O)O1. The van der Waals surface area contributed by atoms with Gasteiger partial charge in [0.25, 0.3) is 6.47 Å². The highest BCUT2D eigenvalue weighted by Crippen LogP contribution is 2.39. The summed E-state index contributed by atoms with van der Waals surface area (Å²) in [6.07, 6.45) is 5.75. The first kappa shape index (κ1) is 11.2. The Morgan fingerprint density at radius 3 is 2.94 bits per heavy atom. The van der Waals surface area contributed by atoms with Crippen molar-refractivity contribution in [3.05, 3.63) is 24.0 Å². The lowest BCUT2D eigenvalue weighted by Crippen LogP contribution is -2.34. The van der Waals surface area contributed by atoms with Crippen molar-refractivity contribution in [3.63, 3.8) is 0 Å². The zero-order valence-corrected chi connectivity index (χ0v) is 9.46. The maximum Gasteiger partial charge on any atom is 0.296 e. The van der Waals surface area contributed by atoms with Gasteiger partial charge in [-0.25, -0.2) is 0 Å². The smallest absolute Gasteiger partial charge is 0.296 e. The molecule has 0 unspecified atom stereocenters. The predicted molar refractivity (Wildman–Crippen MR) is 57.3 cm³/mol. The van der Waals surface area contributed by atoms with Crippen molar-refractivity contribution in [3.8, 4) is 0 Å². The van der Waals surface area contributed by atoms with Crippen molar-refractivity contribution >= 4 is 6.47 Å². The molecule has 0 aromatic carbocycles. The molecule has 4 nitrogen and oxygen atoms in total. The van der Waals surface area contributed by atoms with E-state index in [-0.39, 0.29) is 5.92 Å². The molecule has 0 bridgehead atoms. The van der Waals surface area contributed by atoms with Crippen LogP contribution in [0, 0.1) is 17.8 Å². The fraction of sp³-hybridized carbons (Fsp3) is 0.583. The second-order valence-electron chi connectivity index (χ2n) is 4.18. The first-order valence-electron chi connectivity index (χ1n) is 5.40. The largest absolute Gasteiger partial charge is 0.456 e. The number of allylic oxidation sites excluding steroid dienone is 2. The van der Waals surface area contributed by atoms with Gasteiger partial charge in [0.15, 0.2) is 0 Å². The lowest BCUT2D eigenvalue weighted by Gasteiger charge is -2.33. The number of methoxy groups -OCH3 is 1. The molecule has 0 aromatic heterocycles. The quantitative estimate of drug-likeness (QED) is 0.536. The molecule has 2 rings (SSSR count). The first-order valence-corrected chi connectivity index (χ1v) is 5.40. The molecule has 4 atom stereocenters. The van der Waals surface area contributed by atoms with Gasteiger partial charge in [-0.05, 0) is 17.9 Å². The molecule has 0 N–H and O–H groups in total. The van der Waals surface area contributed by atoms with Crippen LogP contribution in [0.5, 0.6) is 0 Å². The van der Waals surface area contributed by atoms with Gasteiger partial charge in [-0.2, -0.15) is 0 Å². The van der Waals surface area contributed by atoms with E-state index in [1.54, 1.807) is 7.11 Å². The van der Waals surface area contributed by atoms with Crippen LogP contribution in [0.1, 0.15) is 6.92 Å². The Labute approximate surface area is 94.9 Å². The molecule has 88 valence electrons. The summed E-state index contributed by atoms with van der Waals surface area (Å²) in [5.74, 6) is 1.65. The van der Waals surface area contributed by atoms with Crippen molar-refractivity contribution < 1.29 is 19.0 Å². The molecule has 1 heterocycles. The molecule has 0 amide bonds. The summed E-state index contributed by atoms with van der Waals surface area (Å²) in [7, 11) is 1.61. The minimum absolute atomic E-state index is 0.126. The summed E-state index contributed by atoms with van der Waals surface area (Å²) < 4.78 is 15.6. The monoisotopic (exact) mass is 224 g/mol. The van der Waals surface area contributed by atoms with Crippen LogP contribution in [0.25, 0.3) is 0 Å². The van der Waals surface area contributed by atoms with Gasteiger partial charge in [0.1, 0.15) is 12.4 Å². The fourth-order valence-electron chi connectivity index (χ4n) is 2.33. The third kappa shape index (κ3) is 1.97. The van der Waals surface area contributed by atoms with E-state index in [1.165, 1.54) is 0 Å². The van der Waals surface area contributed by atoms with E-state index < -0.39 is 6.29 Å². The lowest BCUT2D eigenvalue weighted by atomic mass is 9.86. The van der Waals surface area contributed by atoms with Gasteiger partial charge < -0.3 is 14.2 Å². The van der Waals surface area contributed by atoms with E-state index in [4.69, 9.17) is 14.2 Å². The average Bonchev–Trinajstić information content (AvgIpc) is 2.62. The molecule has 0 saturated carbocycles. The van der Waals surface area contributed by atoms with Crippen LogP contribution in [0.4, 0.5) is 0 Å². The average molecular weight is 224 g/mol. The van der Waals surface area contributed by atoms with Gasteiger partial charge in [0, 0.05) is 7.11 Å². The van der Waals surface area contributed by atoms with Crippen molar-refractivity contribution in [2.24, 2.45) is 17.8 Å². The molecule has 0 aromatic rings. The Morgan fingerprint density at radius 2 is 2.25 bits per heavy atom. The van der Waals surface area contributed by atoms with Crippen LogP contribution in [-0.4, -0.2) is 26.5 Å². The summed E-state index contributed by atoms with van der Waals surface area (Å²) in [6, 6.07) is 0. The Hall–Kier alpha value is -1.29. The number of rotatable bonds is 4. The zero-order valence-electron chi connectivity index (χ0n) is 9.46. The summed E-state index contributed by atoms with van der Waals surface area (Å²) in [6.45, 7) is 2.99. The summed E-state index contributed by atoms with van der Waals surface area (Å²) in [4.78, 5) is 10.4. The summed E-state index contributed by atoms with van der Waals surface area (Å²) in [5, 5.41) is 0. The molecule has 4 heteroatoms. The minimum atomic E-state index is -0.515. The molecule has 1 aliphatic carbocycles. The Bertz CT molecular complexity index is 321. The second kappa shape index (κ2) is 4.70. The van der Waals surface area contributed by atoms with Gasteiger partial charge >= 0.3 is 0 Å². The van der Waals surface area contributed by atoms with E-state index in [1.807, 2.05) is 0 Å². The van der Waals surface area contributed by atoms with E-state index >= 15 is 0 Å². The zero-order chi connectivity index (χ0) is 11.5. The molecular formula is C12H16O4. The predicted octanol–water partition coefficient (Wildman–Crippen LogP) is 1.48. The van der Waals surface area contributed by atoms with Crippen LogP contribution >= 0.6 is 0 Å². The number of hydrogen-bond donors (Lipinski definition) is 0. The van der Waals surface area contributed by atoms with Crippen molar-refractivity contribution in [1.29, 1.82) is 0 Å². The number of carbonyl (C=O) groups is 1. The van der Waals surface area contributed by atoms with Crippen molar-refractivity contribution in [2.75, 3.05) is 13.7 Å². The van der Waals surface area contributed by atoms with Crippen LogP contribution in [0.2, 0.25) is 0 Å². The van der Waals surface area contributed by atoms with E-state index in [0.29, 0.717) is 24.9 Å². The Kier molecular flexibility index (Phi) is 3.29. The molecule has 2 aliphatic rings. The highest BCUT2D eigenvalue weighted by Gasteiger charge is 2.39. The molecule has 0 radical (unpaired) electrons. The Morgan fingerprint density at radius 1 is 1.44 bits per heavy atom. The van der Waals surface area contributed by atoms with E-state index in [9.17, 15) is 4.79 Å².